The topological polar surface area (TPSA) is 42.0 Å². The van der Waals surface area contributed by atoms with E-state index in [1.807, 2.05) is 43.5 Å². The van der Waals surface area contributed by atoms with Crippen molar-refractivity contribution in [3.05, 3.63) is 39.8 Å². The van der Waals surface area contributed by atoms with Gasteiger partial charge in [0.05, 0.1) is 5.25 Å². The number of carbonyl (C=O) groups is 1. The smallest absolute Gasteiger partial charge is 0.237 e. The number of benzene rings is 1. The molecule has 0 fully saturated rings. The summed E-state index contributed by atoms with van der Waals surface area (Å²) in [5, 5.41) is 4.71. The van der Waals surface area contributed by atoms with Gasteiger partial charge in [-0.1, -0.05) is 33.8 Å². The van der Waals surface area contributed by atoms with Crippen molar-refractivity contribution in [2.24, 2.45) is 0 Å². The molecule has 0 unspecified atom stereocenters. The second-order valence-corrected chi connectivity index (χ2v) is 7.38. The average Bonchev–Trinajstić information content (AvgIpc) is 2.74. The minimum absolute atomic E-state index is 0.0176. The summed E-state index contributed by atoms with van der Waals surface area (Å²) in [5.41, 5.74) is 1.79. The third-order valence-corrected chi connectivity index (χ3v) is 5.02. The molecule has 0 saturated carbocycles. The molecule has 1 amide bonds. The monoisotopic (exact) mass is 356 g/mol. The molecule has 1 atom stereocenters. The molecule has 0 bridgehead atoms. The first-order valence-corrected chi connectivity index (χ1v) is 8.25. The maximum atomic E-state index is 12.1. The van der Waals surface area contributed by atoms with Gasteiger partial charge in [0, 0.05) is 21.2 Å². The van der Waals surface area contributed by atoms with Crippen molar-refractivity contribution < 1.29 is 4.79 Å². The zero-order valence-corrected chi connectivity index (χ0v) is 13.7. The number of aromatic nitrogens is 1. The maximum absolute atomic E-state index is 12.1. The van der Waals surface area contributed by atoms with Crippen LogP contribution in [0.25, 0.3) is 0 Å². The molecule has 2 rings (SSSR count). The first-order valence-electron chi connectivity index (χ1n) is 5.70. The molecule has 6 heteroatoms. The third kappa shape index (κ3) is 4.33. The van der Waals surface area contributed by atoms with Gasteiger partial charge in [-0.15, -0.1) is 11.3 Å². The third-order valence-electron chi connectivity index (χ3n) is 2.34. The number of rotatable bonds is 4. The molecule has 0 aliphatic carbocycles. The normalized spacial score (nSPS) is 12.2. The van der Waals surface area contributed by atoms with E-state index >= 15 is 0 Å². The summed E-state index contributed by atoms with van der Waals surface area (Å²) in [4.78, 5) is 16.4. The van der Waals surface area contributed by atoms with Crippen molar-refractivity contribution in [2.45, 2.75) is 23.4 Å². The Hall–Kier alpha value is -0.850. The van der Waals surface area contributed by atoms with Crippen molar-refractivity contribution in [1.82, 2.24) is 4.98 Å². The van der Waals surface area contributed by atoms with Crippen molar-refractivity contribution in [3.8, 4) is 0 Å². The Labute approximate surface area is 129 Å². The predicted octanol–water partition coefficient (Wildman–Crippen LogP) is 4.33. The van der Waals surface area contributed by atoms with Crippen LogP contribution in [0.2, 0.25) is 0 Å². The number of carbonyl (C=O) groups excluding carboxylic acids is 1. The molecule has 0 saturated heterocycles. The van der Waals surface area contributed by atoms with Gasteiger partial charge in [-0.05, 0) is 32.0 Å². The standard InChI is InChI=1S/C13H13BrN2OS2/c1-8-7-18-13(15-8)19-9(2)12(17)16-11-5-3-4-10(14)6-11/h3-7,9H,1-2H3,(H,16,17)/t9-/m0/s1. The molecular weight excluding hydrogens is 344 g/mol. The van der Waals surface area contributed by atoms with Crippen LogP contribution in [0.4, 0.5) is 5.69 Å². The lowest BCUT2D eigenvalue weighted by molar-refractivity contribution is -0.115. The number of aryl methyl sites for hydroxylation is 1. The molecule has 1 aromatic heterocycles. The van der Waals surface area contributed by atoms with Gasteiger partial charge in [0.15, 0.2) is 4.34 Å². The van der Waals surface area contributed by atoms with Crippen LogP contribution in [0.5, 0.6) is 0 Å². The number of thioether (sulfide) groups is 1. The van der Waals surface area contributed by atoms with Crippen LogP contribution in [-0.4, -0.2) is 16.1 Å². The van der Waals surface area contributed by atoms with E-state index in [1.165, 1.54) is 11.8 Å². The lowest BCUT2D eigenvalue weighted by Crippen LogP contribution is -2.22. The highest BCUT2D eigenvalue weighted by atomic mass is 79.9. The molecule has 0 aliphatic rings. The molecular formula is C13H13BrN2OS2. The number of nitrogens with zero attached hydrogens (tertiary/aromatic N) is 1. The van der Waals surface area contributed by atoms with E-state index in [0.717, 1.165) is 20.2 Å². The van der Waals surface area contributed by atoms with Gasteiger partial charge in [0.1, 0.15) is 0 Å². The summed E-state index contributed by atoms with van der Waals surface area (Å²) < 4.78 is 1.87. The van der Waals surface area contributed by atoms with Gasteiger partial charge in [0.2, 0.25) is 5.91 Å². The first kappa shape index (κ1) is 14.6. The summed E-state index contributed by atoms with van der Waals surface area (Å²) in [6.07, 6.45) is 0. The summed E-state index contributed by atoms with van der Waals surface area (Å²) in [6.45, 7) is 3.83. The molecule has 0 aliphatic heterocycles. The minimum Gasteiger partial charge on any atom is -0.325 e. The predicted molar refractivity (Wildman–Crippen MR) is 84.9 cm³/mol. The van der Waals surface area contributed by atoms with Crippen LogP contribution < -0.4 is 5.32 Å². The highest BCUT2D eigenvalue weighted by Crippen LogP contribution is 2.27. The van der Waals surface area contributed by atoms with E-state index in [9.17, 15) is 4.79 Å². The van der Waals surface area contributed by atoms with E-state index in [0.29, 0.717) is 0 Å². The second kappa shape index (κ2) is 6.54. The lowest BCUT2D eigenvalue weighted by Gasteiger charge is -2.10. The van der Waals surface area contributed by atoms with Crippen LogP contribution in [0.15, 0.2) is 38.5 Å². The minimum atomic E-state index is -0.176. The quantitative estimate of drug-likeness (QED) is 0.828. The van der Waals surface area contributed by atoms with Crippen molar-refractivity contribution in [2.75, 3.05) is 5.32 Å². The molecule has 3 nitrogen and oxygen atoms in total. The molecule has 1 N–H and O–H groups in total. The van der Waals surface area contributed by atoms with Crippen LogP contribution in [0, 0.1) is 6.92 Å². The molecule has 100 valence electrons. The Bertz CT molecular complexity index is 586. The van der Waals surface area contributed by atoms with Crippen LogP contribution in [0.3, 0.4) is 0 Å². The SMILES string of the molecule is Cc1csc(S[C@@H](C)C(=O)Nc2cccc(Br)c2)n1. The van der Waals surface area contributed by atoms with Crippen LogP contribution in [-0.2, 0) is 4.79 Å². The largest absolute Gasteiger partial charge is 0.325 e. The number of thiazole rings is 1. The Morgan fingerprint density at radius 3 is 2.95 bits per heavy atom. The number of halogens is 1. The highest BCUT2D eigenvalue weighted by molar-refractivity contribution is 9.10. The van der Waals surface area contributed by atoms with Gasteiger partial charge in [-0.25, -0.2) is 4.98 Å². The summed E-state index contributed by atoms with van der Waals surface area (Å²) >= 11 is 6.43. The van der Waals surface area contributed by atoms with Gasteiger partial charge in [-0.2, -0.15) is 0 Å². The Morgan fingerprint density at radius 1 is 1.53 bits per heavy atom. The fourth-order valence-electron chi connectivity index (χ4n) is 1.40. The Kier molecular flexibility index (Phi) is 5.01. The number of hydrogen-bond acceptors (Lipinski definition) is 4. The molecule has 0 radical (unpaired) electrons. The van der Waals surface area contributed by atoms with Crippen molar-refractivity contribution in [1.29, 1.82) is 0 Å². The fraction of sp³-hybridized carbons (Fsp3) is 0.231. The van der Waals surface area contributed by atoms with Gasteiger partial charge < -0.3 is 5.32 Å². The second-order valence-electron chi connectivity index (χ2n) is 4.01. The molecule has 1 aromatic carbocycles. The zero-order valence-electron chi connectivity index (χ0n) is 10.5. The van der Waals surface area contributed by atoms with Gasteiger partial charge in [-0.3, -0.25) is 4.79 Å². The Balaban J connectivity index is 1.96. The molecule has 0 spiro atoms. The van der Waals surface area contributed by atoms with Gasteiger partial charge in [0.25, 0.3) is 0 Å². The van der Waals surface area contributed by atoms with Crippen molar-refractivity contribution >= 4 is 50.6 Å². The zero-order chi connectivity index (χ0) is 13.8. The maximum Gasteiger partial charge on any atom is 0.237 e. The summed E-state index contributed by atoms with van der Waals surface area (Å²) in [7, 11) is 0. The molecule has 2 aromatic rings. The lowest BCUT2D eigenvalue weighted by atomic mass is 10.3. The van der Waals surface area contributed by atoms with Crippen LogP contribution in [0.1, 0.15) is 12.6 Å². The molecule has 1 heterocycles. The molecule has 19 heavy (non-hydrogen) atoms. The summed E-state index contributed by atoms with van der Waals surface area (Å²) in [6, 6.07) is 7.56. The number of amides is 1. The average molecular weight is 357 g/mol. The van der Waals surface area contributed by atoms with E-state index in [1.54, 1.807) is 11.3 Å². The first-order chi connectivity index (χ1) is 9.04. The van der Waals surface area contributed by atoms with E-state index < -0.39 is 0 Å². The number of nitrogens with one attached hydrogen (secondary N) is 1. The van der Waals surface area contributed by atoms with E-state index in [-0.39, 0.29) is 11.2 Å². The fourth-order valence-corrected chi connectivity index (χ4v) is 3.79. The van der Waals surface area contributed by atoms with Crippen LogP contribution >= 0.6 is 39.0 Å². The Morgan fingerprint density at radius 2 is 2.32 bits per heavy atom. The van der Waals surface area contributed by atoms with Crippen molar-refractivity contribution in [3.63, 3.8) is 0 Å². The number of anilines is 1. The summed E-state index contributed by atoms with van der Waals surface area (Å²) in [5.74, 6) is -0.0176. The highest BCUT2D eigenvalue weighted by Gasteiger charge is 2.16. The van der Waals surface area contributed by atoms with E-state index in [4.69, 9.17) is 0 Å². The number of hydrogen-bond donors (Lipinski definition) is 1. The van der Waals surface area contributed by atoms with E-state index in [2.05, 4.69) is 26.2 Å². The van der Waals surface area contributed by atoms with Gasteiger partial charge >= 0.3 is 0 Å².